The third kappa shape index (κ3) is 3.15. The van der Waals surface area contributed by atoms with E-state index in [1.54, 1.807) is 0 Å². The molecule has 4 nitrogen and oxygen atoms in total. The molecule has 0 aliphatic carbocycles. The number of rotatable bonds is 5. The molecule has 0 aliphatic heterocycles. The molecule has 0 spiro atoms. The third-order valence-corrected chi connectivity index (χ3v) is 4.61. The van der Waals surface area contributed by atoms with Crippen LogP contribution in [0.25, 0.3) is 21.8 Å². The van der Waals surface area contributed by atoms with E-state index in [4.69, 9.17) is 10.1 Å². The number of para-hydroxylation sites is 2. The van der Waals surface area contributed by atoms with Gasteiger partial charge in [-0.25, -0.2) is 0 Å². The Kier molecular flexibility index (Phi) is 5.47. The molecule has 4 aromatic rings. The van der Waals surface area contributed by atoms with E-state index in [9.17, 15) is 0 Å². The summed E-state index contributed by atoms with van der Waals surface area (Å²) in [6, 6.07) is 22.5. The smallest absolute Gasteiger partial charge is 0.203 e. The number of halogens is 1. The molecular formula is C21H22BrN3O. The van der Waals surface area contributed by atoms with Gasteiger partial charge in [-0.3, -0.25) is 5.41 Å². The number of benzene rings is 3. The first-order valence-corrected chi connectivity index (χ1v) is 8.63. The average Bonchev–Trinajstić information content (AvgIpc) is 2.93. The van der Waals surface area contributed by atoms with Gasteiger partial charge in [0.05, 0.1) is 17.6 Å². The number of hydrogen-bond donors (Lipinski definition) is 1. The first kappa shape index (κ1) is 18.3. The van der Waals surface area contributed by atoms with Gasteiger partial charge in [0.2, 0.25) is 5.62 Å². The summed E-state index contributed by atoms with van der Waals surface area (Å²) in [5.41, 5.74) is 2.70. The van der Waals surface area contributed by atoms with Crippen molar-refractivity contribution in [2.45, 2.75) is 20.0 Å². The van der Waals surface area contributed by atoms with E-state index < -0.39 is 0 Å². The van der Waals surface area contributed by atoms with Gasteiger partial charge in [-0.2, -0.15) is 0 Å². The van der Waals surface area contributed by atoms with Gasteiger partial charge in [0.1, 0.15) is 12.4 Å². The van der Waals surface area contributed by atoms with Crippen LogP contribution in [-0.4, -0.2) is 15.7 Å². The highest BCUT2D eigenvalue weighted by Crippen LogP contribution is 2.25. The molecule has 0 fully saturated rings. The Morgan fingerprint density at radius 3 is 2.27 bits per heavy atom. The van der Waals surface area contributed by atoms with Gasteiger partial charge in [0.25, 0.3) is 0 Å². The molecular weight excluding hydrogens is 390 g/mol. The summed E-state index contributed by atoms with van der Waals surface area (Å²) >= 11 is 0. The fourth-order valence-electron chi connectivity index (χ4n) is 3.41. The summed E-state index contributed by atoms with van der Waals surface area (Å²) in [6.45, 7) is 4.04. The Labute approximate surface area is 162 Å². The molecule has 0 bridgehead atoms. The maximum atomic E-state index is 8.46. The molecule has 0 atom stereocenters. The van der Waals surface area contributed by atoms with E-state index in [0.717, 1.165) is 28.7 Å². The van der Waals surface area contributed by atoms with E-state index in [-0.39, 0.29) is 17.0 Å². The zero-order valence-corrected chi connectivity index (χ0v) is 16.4. The van der Waals surface area contributed by atoms with Crippen LogP contribution in [0, 0.1) is 5.41 Å². The topological polar surface area (TPSA) is 42.9 Å². The molecule has 0 aliphatic rings. The van der Waals surface area contributed by atoms with E-state index in [1.165, 1.54) is 5.39 Å². The first-order chi connectivity index (χ1) is 12.3. The maximum Gasteiger partial charge on any atom is 0.203 e. The van der Waals surface area contributed by atoms with Crippen LogP contribution in [0.5, 0.6) is 5.75 Å². The molecule has 0 radical (unpaired) electrons. The van der Waals surface area contributed by atoms with Crippen LogP contribution in [0.2, 0.25) is 0 Å². The largest absolute Gasteiger partial charge is 0.491 e. The standard InChI is InChI=1S/C21H21N3O.BrH/c1-2-23-18-11-5-6-12-19(18)24(21(23)22)14-15-25-20-13-7-9-16-8-3-4-10-17(16)20;/h3-13,22H,2,14-15H2,1H3;1H. The molecule has 1 aromatic heterocycles. The monoisotopic (exact) mass is 411 g/mol. The fraction of sp³-hybridized carbons (Fsp3) is 0.190. The number of aromatic nitrogens is 2. The van der Waals surface area contributed by atoms with Crippen LogP contribution >= 0.6 is 17.0 Å². The Balaban J connectivity index is 0.00000196. The fourth-order valence-corrected chi connectivity index (χ4v) is 3.41. The Morgan fingerprint density at radius 1 is 0.846 bits per heavy atom. The van der Waals surface area contributed by atoms with Gasteiger partial charge in [-0.15, -0.1) is 17.0 Å². The third-order valence-electron chi connectivity index (χ3n) is 4.61. The molecule has 0 saturated heterocycles. The van der Waals surface area contributed by atoms with Crippen LogP contribution in [0.4, 0.5) is 0 Å². The van der Waals surface area contributed by atoms with E-state index >= 15 is 0 Å². The zero-order valence-electron chi connectivity index (χ0n) is 14.7. The van der Waals surface area contributed by atoms with Crippen LogP contribution in [0.3, 0.4) is 0 Å². The number of imidazole rings is 1. The number of hydrogen-bond acceptors (Lipinski definition) is 2. The van der Waals surface area contributed by atoms with Crippen molar-refractivity contribution in [1.29, 1.82) is 5.41 Å². The normalized spacial score (nSPS) is 10.8. The van der Waals surface area contributed by atoms with Crippen molar-refractivity contribution in [3.63, 3.8) is 0 Å². The number of fused-ring (bicyclic) bond motifs is 2. The summed E-state index contributed by atoms with van der Waals surface area (Å²) in [5.74, 6) is 0.893. The van der Waals surface area contributed by atoms with E-state index in [1.807, 2.05) is 45.5 Å². The number of nitrogens with zero attached hydrogens (tertiary/aromatic N) is 2. The summed E-state index contributed by atoms with van der Waals surface area (Å²) < 4.78 is 10.1. The number of aryl methyl sites for hydroxylation is 1. The lowest BCUT2D eigenvalue weighted by molar-refractivity contribution is 0.300. The maximum absolute atomic E-state index is 8.46. The van der Waals surface area contributed by atoms with Crippen LogP contribution in [-0.2, 0) is 13.1 Å². The van der Waals surface area contributed by atoms with Gasteiger partial charge in [-0.05, 0) is 30.5 Å². The van der Waals surface area contributed by atoms with Gasteiger partial charge >= 0.3 is 0 Å². The Hall–Kier alpha value is -2.53. The van der Waals surface area contributed by atoms with E-state index in [2.05, 4.69) is 37.3 Å². The molecule has 0 amide bonds. The van der Waals surface area contributed by atoms with Crippen molar-refractivity contribution in [2.24, 2.45) is 0 Å². The minimum Gasteiger partial charge on any atom is -0.491 e. The molecule has 134 valence electrons. The lowest BCUT2D eigenvalue weighted by Gasteiger charge is -2.10. The molecule has 0 saturated carbocycles. The van der Waals surface area contributed by atoms with Gasteiger partial charge < -0.3 is 13.9 Å². The minimum atomic E-state index is 0. The molecule has 0 unspecified atom stereocenters. The SMILES string of the molecule is Br.CCn1c(=N)n(CCOc2cccc3ccccc23)c2ccccc21. The highest BCUT2D eigenvalue weighted by atomic mass is 79.9. The van der Waals surface area contributed by atoms with Crippen molar-refractivity contribution in [3.8, 4) is 5.75 Å². The predicted molar refractivity (Wildman–Crippen MR) is 111 cm³/mol. The summed E-state index contributed by atoms with van der Waals surface area (Å²) in [6.07, 6.45) is 0. The van der Waals surface area contributed by atoms with Crippen molar-refractivity contribution < 1.29 is 4.74 Å². The van der Waals surface area contributed by atoms with Gasteiger partial charge in [-0.1, -0.05) is 48.5 Å². The van der Waals surface area contributed by atoms with Crippen LogP contribution in [0.15, 0.2) is 66.7 Å². The quantitative estimate of drug-likeness (QED) is 0.505. The lowest BCUT2D eigenvalue weighted by atomic mass is 10.1. The van der Waals surface area contributed by atoms with Crippen molar-refractivity contribution in [2.75, 3.05) is 6.61 Å². The van der Waals surface area contributed by atoms with Crippen LogP contribution < -0.4 is 10.4 Å². The number of ether oxygens (including phenoxy) is 1. The van der Waals surface area contributed by atoms with Crippen molar-refractivity contribution >= 4 is 38.8 Å². The molecule has 1 N–H and O–H groups in total. The Morgan fingerprint density at radius 2 is 1.50 bits per heavy atom. The second kappa shape index (κ2) is 7.79. The highest BCUT2D eigenvalue weighted by Gasteiger charge is 2.09. The molecule has 1 heterocycles. The summed E-state index contributed by atoms with van der Waals surface area (Å²) in [7, 11) is 0. The summed E-state index contributed by atoms with van der Waals surface area (Å²) in [5, 5.41) is 10.8. The van der Waals surface area contributed by atoms with Crippen molar-refractivity contribution in [3.05, 3.63) is 72.3 Å². The second-order valence-corrected chi connectivity index (χ2v) is 6.03. The second-order valence-electron chi connectivity index (χ2n) is 6.03. The summed E-state index contributed by atoms with van der Waals surface area (Å²) in [4.78, 5) is 0. The molecule has 5 heteroatoms. The van der Waals surface area contributed by atoms with Crippen molar-refractivity contribution in [1.82, 2.24) is 9.13 Å². The van der Waals surface area contributed by atoms with Gasteiger partial charge in [0, 0.05) is 11.9 Å². The highest BCUT2D eigenvalue weighted by molar-refractivity contribution is 8.93. The minimum absolute atomic E-state index is 0. The number of nitrogens with one attached hydrogen (secondary N) is 1. The lowest BCUT2D eigenvalue weighted by Crippen LogP contribution is -2.26. The predicted octanol–water partition coefficient (Wildman–Crippen LogP) is 4.75. The Bertz CT molecular complexity index is 1090. The molecule has 3 aromatic carbocycles. The molecule has 4 rings (SSSR count). The van der Waals surface area contributed by atoms with Gasteiger partial charge in [0.15, 0.2) is 0 Å². The molecule has 26 heavy (non-hydrogen) atoms. The van der Waals surface area contributed by atoms with Crippen LogP contribution in [0.1, 0.15) is 6.92 Å². The first-order valence-electron chi connectivity index (χ1n) is 8.63. The van der Waals surface area contributed by atoms with E-state index in [0.29, 0.717) is 18.8 Å². The zero-order chi connectivity index (χ0) is 17.2. The average molecular weight is 412 g/mol.